The van der Waals surface area contributed by atoms with Crippen LogP contribution in [0.2, 0.25) is 0 Å². The SMILES string of the molecule is CS(=O)(=O)SC1=NC2(CC2c2ccc(F)cc2)C(=O)N1C1=CC=C(C#N)C(C(F)(F)F)C1. The van der Waals surface area contributed by atoms with Crippen molar-refractivity contribution < 1.29 is 30.8 Å². The molecule has 0 N–H and O–H groups in total. The number of nitrogens with zero attached hydrogens (tertiary/aromatic N) is 3. The number of benzene rings is 1. The van der Waals surface area contributed by atoms with Crippen molar-refractivity contribution in [3.05, 3.63) is 59.1 Å². The summed E-state index contributed by atoms with van der Waals surface area (Å²) in [5, 5.41) is 8.81. The summed E-state index contributed by atoms with van der Waals surface area (Å²) < 4.78 is 77.6. The van der Waals surface area contributed by atoms with Crippen molar-refractivity contribution in [2.24, 2.45) is 10.9 Å². The van der Waals surface area contributed by atoms with E-state index < -0.39 is 56.1 Å². The number of hydrogen-bond acceptors (Lipinski definition) is 6. The zero-order valence-electron chi connectivity index (χ0n) is 16.4. The van der Waals surface area contributed by atoms with Crippen LogP contribution in [0.3, 0.4) is 0 Å². The van der Waals surface area contributed by atoms with Gasteiger partial charge in [0.1, 0.15) is 5.82 Å². The van der Waals surface area contributed by atoms with Crippen LogP contribution >= 0.6 is 10.8 Å². The summed E-state index contributed by atoms with van der Waals surface area (Å²) >= 11 is 0. The second kappa shape index (κ2) is 7.45. The standard InChI is InChI=1S/C20H15F4N3O3S2/c1-32(29,30)31-18-26-19(9-16(19)11-2-5-13(21)6-3-11)17(28)27(18)14-7-4-12(10-25)15(8-14)20(22,23)24/h2-7,15-16H,8-9H2,1H3. The molecule has 3 atom stereocenters. The van der Waals surface area contributed by atoms with Gasteiger partial charge in [0.25, 0.3) is 5.91 Å². The maximum atomic E-state index is 13.5. The minimum absolute atomic E-state index is 0.0899. The van der Waals surface area contributed by atoms with Crippen molar-refractivity contribution in [3.63, 3.8) is 0 Å². The Labute approximate surface area is 184 Å². The molecule has 1 aliphatic heterocycles. The summed E-state index contributed by atoms with van der Waals surface area (Å²) in [6.07, 6.45) is -2.10. The number of aliphatic imine (C=N–C) groups is 1. The predicted octanol–water partition coefficient (Wildman–Crippen LogP) is 3.86. The number of amidine groups is 1. The fourth-order valence-electron chi connectivity index (χ4n) is 3.96. The first-order valence-corrected chi connectivity index (χ1v) is 12.5. The van der Waals surface area contributed by atoms with Crippen LogP contribution in [0.4, 0.5) is 17.6 Å². The van der Waals surface area contributed by atoms with Gasteiger partial charge < -0.3 is 0 Å². The van der Waals surface area contributed by atoms with Gasteiger partial charge in [0.05, 0.1) is 12.0 Å². The molecule has 1 spiro atoms. The molecule has 4 rings (SSSR count). The van der Waals surface area contributed by atoms with Gasteiger partial charge >= 0.3 is 6.18 Å². The molecule has 1 fully saturated rings. The normalized spacial score (nSPS) is 27.7. The van der Waals surface area contributed by atoms with E-state index in [2.05, 4.69) is 4.99 Å². The van der Waals surface area contributed by atoms with E-state index in [4.69, 9.17) is 5.26 Å². The van der Waals surface area contributed by atoms with Crippen molar-refractivity contribution in [2.45, 2.75) is 30.5 Å². The van der Waals surface area contributed by atoms with Gasteiger partial charge in [-0.05, 0) is 36.3 Å². The maximum Gasteiger partial charge on any atom is 0.396 e. The molecule has 6 nitrogen and oxygen atoms in total. The minimum Gasteiger partial charge on any atom is -0.271 e. The van der Waals surface area contributed by atoms with E-state index >= 15 is 0 Å². The van der Waals surface area contributed by atoms with E-state index in [1.54, 1.807) is 0 Å². The highest BCUT2D eigenvalue weighted by molar-refractivity contribution is 8.77. The summed E-state index contributed by atoms with van der Waals surface area (Å²) in [5.74, 6) is -3.68. The lowest BCUT2D eigenvalue weighted by molar-refractivity contribution is -0.164. The highest BCUT2D eigenvalue weighted by Gasteiger charge is 2.67. The average Bonchev–Trinajstić information content (AvgIpc) is 3.35. The lowest BCUT2D eigenvalue weighted by Crippen LogP contribution is -2.38. The topological polar surface area (TPSA) is 90.6 Å². The summed E-state index contributed by atoms with van der Waals surface area (Å²) in [5.41, 5.74) is -1.31. The highest BCUT2D eigenvalue weighted by Crippen LogP contribution is 2.59. The number of alkyl halides is 3. The molecule has 3 aliphatic rings. The van der Waals surface area contributed by atoms with Crippen molar-refractivity contribution in [1.82, 2.24) is 4.90 Å². The largest absolute Gasteiger partial charge is 0.396 e. The van der Waals surface area contributed by atoms with Gasteiger partial charge in [-0.2, -0.15) is 18.4 Å². The molecule has 168 valence electrons. The number of amides is 1. The molecule has 0 saturated heterocycles. The first-order valence-electron chi connectivity index (χ1n) is 9.32. The molecule has 32 heavy (non-hydrogen) atoms. The fourth-order valence-corrected chi connectivity index (χ4v) is 5.85. The Morgan fingerprint density at radius 2 is 1.91 bits per heavy atom. The lowest BCUT2D eigenvalue weighted by atomic mass is 9.89. The zero-order chi connectivity index (χ0) is 23.5. The quantitative estimate of drug-likeness (QED) is 0.479. The maximum absolute atomic E-state index is 13.5. The van der Waals surface area contributed by atoms with Gasteiger partial charge in [0.15, 0.2) is 10.7 Å². The van der Waals surface area contributed by atoms with E-state index in [0.29, 0.717) is 5.56 Å². The number of carbonyl (C=O) groups is 1. The third kappa shape index (κ3) is 3.95. The third-order valence-electron chi connectivity index (χ3n) is 5.55. The molecule has 0 radical (unpaired) electrons. The second-order valence-corrected chi connectivity index (χ2v) is 12.0. The van der Waals surface area contributed by atoms with Crippen LogP contribution in [0.15, 0.2) is 52.7 Å². The molecular formula is C20H15F4N3O3S2. The Hall–Kier alpha value is -2.65. The summed E-state index contributed by atoms with van der Waals surface area (Å²) in [6, 6.07) is 6.95. The Morgan fingerprint density at radius 3 is 2.47 bits per heavy atom. The van der Waals surface area contributed by atoms with Gasteiger partial charge in [0.2, 0.25) is 8.87 Å². The zero-order valence-corrected chi connectivity index (χ0v) is 18.1. The van der Waals surface area contributed by atoms with Crippen LogP contribution in [0.5, 0.6) is 0 Å². The van der Waals surface area contributed by atoms with Crippen LogP contribution in [0.25, 0.3) is 0 Å². The summed E-state index contributed by atoms with van der Waals surface area (Å²) in [4.78, 5) is 18.6. The smallest absolute Gasteiger partial charge is 0.271 e. The van der Waals surface area contributed by atoms with Gasteiger partial charge in [-0.1, -0.05) is 12.1 Å². The van der Waals surface area contributed by atoms with E-state index in [1.807, 2.05) is 0 Å². The van der Waals surface area contributed by atoms with Crippen LogP contribution in [-0.4, -0.2) is 42.4 Å². The molecule has 1 saturated carbocycles. The molecule has 1 amide bonds. The van der Waals surface area contributed by atoms with Gasteiger partial charge in [0, 0.05) is 40.7 Å². The number of halogens is 4. The molecule has 3 unspecified atom stereocenters. The van der Waals surface area contributed by atoms with Gasteiger partial charge in [-0.3, -0.25) is 9.69 Å². The van der Waals surface area contributed by atoms with Crippen LogP contribution in [0.1, 0.15) is 24.3 Å². The summed E-state index contributed by atoms with van der Waals surface area (Å²) in [7, 11) is -3.46. The molecule has 2 aliphatic carbocycles. The molecular weight excluding hydrogens is 470 g/mol. The first kappa shape index (κ1) is 22.5. The van der Waals surface area contributed by atoms with Crippen LogP contribution in [0, 0.1) is 23.1 Å². The van der Waals surface area contributed by atoms with Crippen molar-refractivity contribution >= 4 is 30.7 Å². The number of carbonyl (C=O) groups excluding carboxylic acids is 1. The van der Waals surface area contributed by atoms with Crippen molar-refractivity contribution in [3.8, 4) is 6.07 Å². The van der Waals surface area contributed by atoms with E-state index in [1.165, 1.54) is 36.4 Å². The molecule has 1 aromatic rings. The van der Waals surface area contributed by atoms with E-state index in [-0.39, 0.29) is 28.1 Å². The molecule has 1 heterocycles. The predicted molar refractivity (Wildman–Crippen MR) is 109 cm³/mol. The average molecular weight is 485 g/mol. The third-order valence-corrected chi connectivity index (χ3v) is 7.63. The highest BCUT2D eigenvalue weighted by atomic mass is 33.1. The Balaban J connectivity index is 1.72. The van der Waals surface area contributed by atoms with Crippen LogP contribution < -0.4 is 0 Å². The van der Waals surface area contributed by atoms with Gasteiger partial charge in [-0.25, -0.2) is 17.8 Å². The molecule has 1 aromatic carbocycles. The van der Waals surface area contributed by atoms with Gasteiger partial charge in [-0.15, -0.1) is 0 Å². The monoisotopic (exact) mass is 485 g/mol. The van der Waals surface area contributed by atoms with Crippen molar-refractivity contribution in [2.75, 3.05) is 6.26 Å². The number of nitriles is 1. The Morgan fingerprint density at radius 1 is 1.25 bits per heavy atom. The van der Waals surface area contributed by atoms with E-state index in [9.17, 15) is 30.8 Å². The molecule has 12 heteroatoms. The second-order valence-electron chi connectivity index (χ2n) is 7.75. The molecule has 0 bridgehead atoms. The first-order chi connectivity index (χ1) is 14.9. The minimum atomic E-state index is -4.72. The van der Waals surface area contributed by atoms with Crippen molar-refractivity contribution in [1.29, 1.82) is 5.26 Å². The number of hydrogen-bond donors (Lipinski definition) is 0. The summed E-state index contributed by atoms with van der Waals surface area (Å²) in [6.45, 7) is 0. The number of allylic oxidation sites excluding steroid dienone is 4. The Kier molecular flexibility index (Phi) is 5.25. The lowest BCUT2D eigenvalue weighted by Gasteiger charge is -2.29. The Bertz CT molecular complexity index is 1230. The van der Waals surface area contributed by atoms with Crippen LogP contribution in [-0.2, 0) is 13.7 Å². The number of rotatable bonds is 3. The van der Waals surface area contributed by atoms with E-state index in [0.717, 1.165) is 17.2 Å². The fraction of sp³-hybridized carbons (Fsp3) is 0.350. The molecule has 0 aromatic heterocycles.